The average Bonchev–Trinajstić information content (AvgIpc) is 3.14. The van der Waals surface area contributed by atoms with Crippen LogP contribution in [0.15, 0.2) is 65.7 Å². The molecule has 2 aromatic carbocycles. The van der Waals surface area contributed by atoms with Crippen molar-refractivity contribution in [3.8, 4) is 6.07 Å². The van der Waals surface area contributed by atoms with Crippen molar-refractivity contribution in [2.75, 3.05) is 11.4 Å². The van der Waals surface area contributed by atoms with Gasteiger partial charge in [0.25, 0.3) is 5.91 Å². The lowest BCUT2D eigenvalue weighted by atomic mass is 10.0. The van der Waals surface area contributed by atoms with Crippen LogP contribution in [0.5, 0.6) is 0 Å². The zero-order valence-electron chi connectivity index (χ0n) is 20.1. The van der Waals surface area contributed by atoms with Gasteiger partial charge in [-0.25, -0.2) is 0 Å². The van der Waals surface area contributed by atoms with Crippen LogP contribution in [0.3, 0.4) is 0 Å². The largest absolute Gasteiger partial charge is 0.348 e. The lowest BCUT2D eigenvalue weighted by Gasteiger charge is -2.19. The van der Waals surface area contributed by atoms with Crippen molar-refractivity contribution in [3.05, 3.63) is 88.0 Å². The van der Waals surface area contributed by atoms with Gasteiger partial charge in [-0.15, -0.1) is 6.58 Å². The van der Waals surface area contributed by atoms with Gasteiger partial charge >= 0.3 is 0 Å². The molecule has 0 spiro atoms. The highest BCUT2D eigenvalue weighted by atomic mass is 32.2. The Hall–Kier alpha value is -3.30. The quantitative estimate of drug-likeness (QED) is 0.302. The molecule has 0 saturated carbocycles. The zero-order chi connectivity index (χ0) is 24.7. The van der Waals surface area contributed by atoms with Gasteiger partial charge in [-0.3, -0.25) is 14.5 Å². The van der Waals surface area contributed by atoms with Crippen molar-refractivity contribution in [2.24, 2.45) is 0 Å². The van der Waals surface area contributed by atoms with Crippen LogP contribution in [0.25, 0.3) is 0 Å². The molecule has 1 fully saturated rings. The van der Waals surface area contributed by atoms with Crippen LogP contribution in [0.4, 0.5) is 5.69 Å². The van der Waals surface area contributed by atoms with Crippen LogP contribution < -0.4 is 10.2 Å². The van der Waals surface area contributed by atoms with Crippen LogP contribution in [-0.2, 0) is 22.4 Å². The Labute approximate surface area is 206 Å². The number of nitrogens with one attached hydrogen (secondary N) is 1. The van der Waals surface area contributed by atoms with E-state index < -0.39 is 11.2 Å². The van der Waals surface area contributed by atoms with Crippen molar-refractivity contribution in [2.45, 2.75) is 51.7 Å². The highest BCUT2D eigenvalue weighted by Crippen LogP contribution is 2.42. The molecule has 2 amide bonds. The first-order chi connectivity index (χ1) is 16.4. The van der Waals surface area contributed by atoms with E-state index in [2.05, 4.69) is 43.1 Å². The molecular weight excluding hydrogens is 442 g/mol. The molecule has 34 heavy (non-hydrogen) atoms. The Kier molecular flexibility index (Phi) is 8.72. The Bertz CT molecular complexity index is 1150. The number of nitriles is 1. The fourth-order valence-corrected chi connectivity index (χ4v) is 5.09. The SMILES string of the molecule is C=CCNC(=O)/C(C#N)=C1\SC(Cc2ccc(CCCC)cc2)C(=O)N1c1ccc(C)c(C)c1. The monoisotopic (exact) mass is 473 g/mol. The molecular formula is C28H31N3O2S. The third-order valence-electron chi connectivity index (χ3n) is 5.92. The van der Waals surface area contributed by atoms with E-state index in [1.165, 1.54) is 22.2 Å². The van der Waals surface area contributed by atoms with E-state index >= 15 is 0 Å². The van der Waals surface area contributed by atoms with Gasteiger partial charge in [0.05, 0.1) is 5.25 Å². The van der Waals surface area contributed by atoms with E-state index in [0.29, 0.717) is 17.1 Å². The first kappa shape index (κ1) is 25.3. The van der Waals surface area contributed by atoms with Gasteiger partial charge in [0, 0.05) is 12.2 Å². The molecule has 5 nitrogen and oxygen atoms in total. The Balaban J connectivity index is 1.96. The van der Waals surface area contributed by atoms with Gasteiger partial charge in [-0.1, -0.05) is 61.5 Å². The van der Waals surface area contributed by atoms with E-state index in [4.69, 9.17) is 0 Å². The number of amides is 2. The summed E-state index contributed by atoms with van der Waals surface area (Å²) < 4.78 is 0. The molecule has 1 aliphatic rings. The van der Waals surface area contributed by atoms with E-state index in [1.54, 1.807) is 6.08 Å². The zero-order valence-corrected chi connectivity index (χ0v) is 20.9. The number of nitrogens with zero attached hydrogens (tertiary/aromatic N) is 2. The highest BCUT2D eigenvalue weighted by molar-refractivity contribution is 8.05. The predicted octanol–water partition coefficient (Wildman–Crippen LogP) is 5.37. The summed E-state index contributed by atoms with van der Waals surface area (Å²) in [5.41, 5.74) is 5.10. The first-order valence-corrected chi connectivity index (χ1v) is 12.5. The summed E-state index contributed by atoms with van der Waals surface area (Å²) >= 11 is 1.29. The molecule has 1 atom stereocenters. The minimum Gasteiger partial charge on any atom is -0.348 e. The van der Waals surface area contributed by atoms with Crippen molar-refractivity contribution in [1.29, 1.82) is 5.26 Å². The minimum absolute atomic E-state index is 0.0594. The molecule has 1 saturated heterocycles. The Morgan fingerprint density at radius 3 is 2.50 bits per heavy atom. The molecule has 3 rings (SSSR count). The fraction of sp³-hybridized carbons (Fsp3) is 0.321. The standard InChI is InChI=1S/C28H31N3O2S/c1-5-7-8-21-10-12-22(13-11-21)17-25-27(33)31(23-14-9-19(3)20(4)16-23)28(34-25)24(18-29)26(32)30-15-6-2/h6,9-14,16,25H,2,5,7-8,15,17H2,1,3-4H3,(H,30,32)/b28-24-. The molecule has 0 bridgehead atoms. The molecule has 0 aliphatic carbocycles. The lowest BCUT2D eigenvalue weighted by molar-refractivity contribution is -0.117. The molecule has 176 valence electrons. The predicted molar refractivity (Wildman–Crippen MR) is 139 cm³/mol. The summed E-state index contributed by atoms with van der Waals surface area (Å²) in [5.74, 6) is -0.630. The number of thioether (sulfide) groups is 1. The number of carbonyl (C=O) groups is 2. The third kappa shape index (κ3) is 5.78. The van der Waals surface area contributed by atoms with Gasteiger partial charge in [-0.2, -0.15) is 5.26 Å². The van der Waals surface area contributed by atoms with E-state index in [0.717, 1.165) is 36.0 Å². The first-order valence-electron chi connectivity index (χ1n) is 11.6. The highest BCUT2D eigenvalue weighted by Gasteiger charge is 2.40. The molecule has 6 heteroatoms. The molecule has 1 aliphatic heterocycles. The normalized spacial score (nSPS) is 16.8. The summed E-state index contributed by atoms with van der Waals surface area (Å²) in [5, 5.41) is 12.5. The van der Waals surface area contributed by atoms with Crippen LogP contribution in [0, 0.1) is 25.2 Å². The number of rotatable bonds is 9. The maximum Gasteiger partial charge on any atom is 0.264 e. The van der Waals surface area contributed by atoms with Gasteiger partial charge in [0.2, 0.25) is 5.91 Å². The number of hydrogen-bond acceptors (Lipinski definition) is 4. The van der Waals surface area contributed by atoms with E-state index in [1.807, 2.05) is 38.1 Å². The average molecular weight is 474 g/mol. The number of aryl methyl sites for hydroxylation is 3. The Morgan fingerprint density at radius 1 is 1.18 bits per heavy atom. The summed E-state index contributed by atoms with van der Waals surface area (Å²) in [6, 6.07) is 16.2. The number of unbranched alkanes of at least 4 members (excludes halogenated alkanes) is 1. The van der Waals surface area contributed by atoms with E-state index in [-0.39, 0.29) is 18.0 Å². The second kappa shape index (κ2) is 11.7. The molecule has 0 aromatic heterocycles. The van der Waals surface area contributed by atoms with Crippen LogP contribution in [-0.4, -0.2) is 23.6 Å². The molecule has 0 radical (unpaired) electrons. The summed E-state index contributed by atoms with van der Waals surface area (Å²) in [6.07, 6.45) is 5.43. The summed E-state index contributed by atoms with van der Waals surface area (Å²) in [6.45, 7) is 10.0. The van der Waals surface area contributed by atoms with Gasteiger partial charge in [-0.05, 0) is 67.5 Å². The van der Waals surface area contributed by atoms with Crippen LogP contribution in [0.1, 0.15) is 42.0 Å². The number of hydrogen-bond donors (Lipinski definition) is 1. The van der Waals surface area contributed by atoms with Crippen molar-refractivity contribution >= 4 is 29.3 Å². The Morgan fingerprint density at radius 2 is 1.88 bits per heavy atom. The van der Waals surface area contributed by atoms with Crippen molar-refractivity contribution in [1.82, 2.24) is 5.32 Å². The molecule has 2 aromatic rings. The van der Waals surface area contributed by atoms with E-state index in [9.17, 15) is 14.9 Å². The fourth-order valence-electron chi connectivity index (χ4n) is 3.78. The molecule has 1 unspecified atom stereocenters. The van der Waals surface area contributed by atoms with Gasteiger partial charge < -0.3 is 5.32 Å². The maximum atomic E-state index is 13.6. The number of benzene rings is 2. The molecule has 1 N–H and O–H groups in total. The number of carbonyl (C=O) groups excluding carboxylic acids is 2. The number of anilines is 1. The van der Waals surface area contributed by atoms with Crippen molar-refractivity contribution in [3.63, 3.8) is 0 Å². The molecule has 1 heterocycles. The lowest BCUT2D eigenvalue weighted by Crippen LogP contribution is -2.32. The maximum absolute atomic E-state index is 13.6. The van der Waals surface area contributed by atoms with Crippen LogP contribution >= 0.6 is 11.8 Å². The topological polar surface area (TPSA) is 73.2 Å². The van der Waals surface area contributed by atoms with Crippen molar-refractivity contribution < 1.29 is 9.59 Å². The smallest absolute Gasteiger partial charge is 0.264 e. The van der Waals surface area contributed by atoms with Gasteiger partial charge in [0.1, 0.15) is 16.7 Å². The van der Waals surface area contributed by atoms with Gasteiger partial charge in [0.15, 0.2) is 0 Å². The minimum atomic E-state index is -0.507. The third-order valence-corrected chi connectivity index (χ3v) is 7.19. The van der Waals surface area contributed by atoms with Crippen LogP contribution in [0.2, 0.25) is 0 Å². The second-order valence-electron chi connectivity index (χ2n) is 8.46. The summed E-state index contributed by atoms with van der Waals surface area (Å²) in [4.78, 5) is 27.9. The summed E-state index contributed by atoms with van der Waals surface area (Å²) in [7, 11) is 0. The second-order valence-corrected chi connectivity index (χ2v) is 9.65.